The summed E-state index contributed by atoms with van der Waals surface area (Å²) in [5.41, 5.74) is 3.49. The first-order chi connectivity index (χ1) is 8.61. The first-order valence-electron chi connectivity index (χ1n) is 6.59. The minimum absolute atomic E-state index is 0.365. The van der Waals surface area contributed by atoms with Gasteiger partial charge in [-0.25, -0.2) is 0 Å². The SMILES string of the molecule is C=C(C)COCC(O)Cc1ccc(CCC)cc1. The summed E-state index contributed by atoms with van der Waals surface area (Å²) in [5, 5.41) is 9.83. The lowest BCUT2D eigenvalue weighted by Crippen LogP contribution is -2.18. The molecule has 1 atom stereocenters. The van der Waals surface area contributed by atoms with Crippen LogP contribution in [0, 0.1) is 0 Å². The monoisotopic (exact) mass is 248 g/mol. The molecule has 1 aromatic carbocycles. The van der Waals surface area contributed by atoms with Crippen LogP contribution < -0.4 is 0 Å². The number of aliphatic hydroxyl groups is 1. The number of ether oxygens (including phenoxy) is 1. The highest BCUT2D eigenvalue weighted by atomic mass is 16.5. The predicted octanol–water partition coefficient (Wildman–Crippen LogP) is 3.14. The largest absolute Gasteiger partial charge is 0.390 e. The summed E-state index contributed by atoms with van der Waals surface area (Å²) in [6.45, 7) is 8.73. The summed E-state index contributed by atoms with van der Waals surface area (Å²) >= 11 is 0. The number of benzene rings is 1. The van der Waals surface area contributed by atoms with E-state index in [0.717, 1.165) is 24.0 Å². The van der Waals surface area contributed by atoms with Gasteiger partial charge in [-0.1, -0.05) is 49.8 Å². The molecule has 0 aromatic heterocycles. The maximum Gasteiger partial charge on any atom is 0.0814 e. The predicted molar refractivity (Wildman–Crippen MR) is 75.8 cm³/mol. The van der Waals surface area contributed by atoms with Gasteiger partial charge >= 0.3 is 0 Å². The van der Waals surface area contributed by atoms with Gasteiger partial charge in [-0.2, -0.15) is 0 Å². The molecule has 0 saturated heterocycles. The van der Waals surface area contributed by atoms with Gasteiger partial charge in [-0.15, -0.1) is 0 Å². The summed E-state index contributed by atoms with van der Waals surface area (Å²) in [5.74, 6) is 0. The molecule has 0 heterocycles. The van der Waals surface area contributed by atoms with Crippen molar-refractivity contribution < 1.29 is 9.84 Å². The number of hydrogen-bond acceptors (Lipinski definition) is 2. The quantitative estimate of drug-likeness (QED) is 0.716. The highest BCUT2D eigenvalue weighted by Crippen LogP contribution is 2.09. The lowest BCUT2D eigenvalue weighted by atomic mass is 10.0. The minimum Gasteiger partial charge on any atom is -0.390 e. The topological polar surface area (TPSA) is 29.5 Å². The van der Waals surface area contributed by atoms with Crippen molar-refractivity contribution in [3.05, 3.63) is 47.5 Å². The van der Waals surface area contributed by atoms with Crippen molar-refractivity contribution in [3.8, 4) is 0 Å². The lowest BCUT2D eigenvalue weighted by Gasteiger charge is -2.11. The Morgan fingerprint density at radius 1 is 1.28 bits per heavy atom. The molecule has 18 heavy (non-hydrogen) atoms. The Labute approximate surface area is 110 Å². The van der Waals surface area contributed by atoms with E-state index in [1.54, 1.807) is 0 Å². The molecule has 1 N–H and O–H groups in total. The third-order valence-corrected chi connectivity index (χ3v) is 2.69. The molecule has 0 radical (unpaired) electrons. The van der Waals surface area contributed by atoms with E-state index >= 15 is 0 Å². The molecule has 0 spiro atoms. The molecular formula is C16H24O2. The molecule has 0 aliphatic rings. The maximum absolute atomic E-state index is 9.83. The van der Waals surface area contributed by atoms with E-state index in [1.165, 1.54) is 5.56 Å². The third kappa shape index (κ3) is 5.99. The zero-order valence-corrected chi connectivity index (χ0v) is 11.5. The Morgan fingerprint density at radius 2 is 1.89 bits per heavy atom. The molecule has 0 aliphatic carbocycles. The summed E-state index contributed by atoms with van der Waals surface area (Å²) in [7, 11) is 0. The van der Waals surface area contributed by atoms with Crippen molar-refractivity contribution >= 4 is 0 Å². The highest BCUT2D eigenvalue weighted by Gasteiger charge is 2.05. The van der Waals surface area contributed by atoms with Gasteiger partial charge in [0.2, 0.25) is 0 Å². The van der Waals surface area contributed by atoms with E-state index in [9.17, 15) is 5.11 Å². The number of aryl methyl sites for hydroxylation is 1. The number of rotatable bonds is 8. The Bertz CT molecular complexity index is 354. The van der Waals surface area contributed by atoms with Crippen LogP contribution in [0.3, 0.4) is 0 Å². The van der Waals surface area contributed by atoms with Crippen LogP contribution in [-0.2, 0) is 17.6 Å². The maximum atomic E-state index is 9.83. The van der Waals surface area contributed by atoms with Crippen molar-refractivity contribution in [3.63, 3.8) is 0 Å². The second-order valence-corrected chi connectivity index (χ2v) is 4.90. The summed E-state index contributed by atoms with van der Waals surface area (Å²) < 4.78 is 5.34. The fourth-order valence-electron chi connectivity index (χ4n) is 1.83. The van der Waals surface area contributed by atoms with Crippen LogP contribution in [0.15, 0.2) is 36.4 Å². The van der Waals surface area contributed by atoms with Gasteiger partial charge in [-0.3, -0.25) is 0 Å². The minimum atomic E-state index is -0.443. The van der Waals surface area contributed by atoms with Gasteiger partial charge in [0.1, 0.15) is 0 Å². The van der Waals surface area contributed by atoms with Crippen LogP contribution in [0.4, 0.5) is 0 Å². The normalized spacial score (nSPS) is 12.4. The molecule has 0 amide bonds. The average Bonchev–Trinajstić information content (AvgIpc) is 2.31. The lowest BCUT2D eigenvalue weighted by molar-refractivity contribution is 0.0472. The third-order valence-electron chi connectivity index (χ3n) is 2.69. The first kappa shape index (κ1) is 14.9. The van der Waals surface area contributed by atoms with E-state index in [2.05, 4.69) is 37.8 Å². The Morgan fingerprint density at radius 3 is 2.44 bits per heavy atom. The van der Waals surface area contributed by atoms with Gasteiger partial charge in [-0.05, 0) is 24.5 Å². The van der Waals surface area contributed by atoms with E-state index in [4.69, 9.17) is 4.74 Å². The van der Waals surface area contributed by atoms with Gasteiger partial charge in [0.05, 0.1) is 19.3 Å². The zero-order chi connectivity index (χ0) is 13.4. The fraction of sp³-hybridized carbons (Fsp3) is 0.500. The summed E-state index contributed by atoms with van der Waals surface area (Å²) in [4.78, 5) is 0. The Kier molecular flexibility index (Phi) is 6.69. The van der Waals surface area contributed by atoms with Gasteiger partial charge in [0.15, 0.2) is 0 Å². The zero-order valence-electron chi connectivity index (χ0n) is 11.5. The van der Waals surface area contributed by atoms with Gasteiger partial charge in [0.25, 0.3) is 0 Å². The molecule has 2 heteroatoms. The Hall–Kier alpha value is -1.12. The van der Waals surface area contributed by atoms with E-state index in [1.807, 2.05) is 6.92 Å². The molecule has 0 fully saturated rings. The van der Waals surface area contributed by atoms with Crippen molar-refractivity contribution in [1.82, 2.24) is 0 Å². The molecular weight excluding hydrogens is 224 g/mol. The second kappa shape index (κ2) is 8.06. The fourth-order valence-corrected chi connectivity index (χ4v) is 1.83. The van der Waals surface area contributed by atoms with Gasteiger partial charge < -0.3 is 9.84 Å². The summed E-state index contributed by atoms with van der Waals surface area (Å²) in [6, 6.07) is 8.46. The molecule has 100 valence electrons. The molecule has 1 rings (SSSR count). The molecule has 2 nitrogen and oxygen atoms in total. The highest BCUT2D eigenvalue weighted by molar-refractivity contribution is 5.23. The standard InChI is InChI=1S/C16H24O2/c1-4-5-14-6-8-15(9-7-14)10-16(17)12-18-11-13(2)3/h6-9,16-17H,2,4-5,10-12H2,1,3H3. The van der Waals surface area contributed by atoms with Crippen LogP contribution in [0.1, 0.15) is 31.4 Å². The van der Waals surface area contributed by atoms with Crippen LogP contribution in [0.25, 0.3) is 0 Å². The molecule has 1 unspecified atom stereocenters. The average molecular weight is 248 g/mol. The van der Waals surface area contributed by atoms with E-state index in [0.29, 0.717) is 19.6 Å². The second-order valence-electron chi connectivity index (χ2n) is 4.90. The Balaban J connectivity index is 2.34. The number of aliphatic hydroxyl groups excluding tert-OH is 1. The van der Waals surface area contributed by atoms with Crippen molar-refractivity contribution in [2.75, 3.05) is 13.2 Å². The smallest absolute Gasteiger partial charge is 0.0814 e. The van der Waals surface area contributed by atoms with Gasteiger partial charge in [0, 0.05) is 6.42 Å². The van der Waals surface area contributed by atoms with Crippen molar-refractivity contribution in [1.29, 1.82) is 0 Å². The van der Waals surface area contributed by atoms with Crippen molar-refractivity contribution in [2.45, 2.75) is 39.2 Å². The van der Waals surface area contributed by atoms with Crippen LogP contribution >= 0.6 is 0 Å². The van der Waals surface area contributed by atoms with Crippen molar-refractivity contribution in [2.24, 2.45) is 0 Å². The molecule has 1 aromatic rings. The van der Waals surface area contributed by atoms with Crippen LogP contribution in [0.5, 0.6) is 0 Å². The molecule has 0 aliphatic heterocycles. The van der Waals surface area contributed by atoms with Crippen LogP contribution in [-0.4, -0.2) is 24.4 Å². The molecule has 0 saturated carbocycles. The number of hydrogen-bond donors (Lipinski definition) is 1. The molecule has 0 bridgehead atoms. The van der Waals surface area contributed by atoms with E-state index < -0.39 is 6.10 Å². The summed E-state index contributed by atoms with van der Waals surface area (Å²) in [6.07, 6.45) is 2.48. The van der Waals surface area contributed by atoms with Crippen LogP contribution in [0.2, 0.25) is 0 Å². The van der Waals surface area contributed by atoms with E-state index in [-0.39, 0.29) is 0 Å². The first-order valence-corrected chi connectivity index (χ1v) is 6.59.